The number of fused-ring (bicyclic) bond motifs is 2. The third-order valence-electron chi connectivity index (χ3n) is 5.96. The van der Waals surface area contributed by atoms with Crippen LogP contribution in [0.2, 0.25) is 0 Å². The van der Waals surface area contributed by atoms with Crippen LogP contribution < -0.4 is 0 Å². The zero-order valence-corrected chi connectivity index (χ0v) is 17.1. The molecule has 0 radical (unpaired) electrons. The first-order valence-electron chi connectivity index (χ1n) is 10.5. The zero-order chi connectivity index (χ0) is 21.4. The van der Waals surface area contributed by atoms with Crippen LogP contribution in [0.25, 0.3) is 11.0 Å². The van der Waals surface area contributed by atoms with Gasteiger partial charge in [0.1, 0.15) is 5.82 Å². The van der Waals surface area contributed by atoms with Crippen LogP contribution in [0.3, 0.4) is 0 Å². The quantitative estimate of drug-likeness (QED) is 0.641. The van der Waals surface area contributed by atoms with Crippen molar-refractivity contribution in [2.75, 3.05) is 32.7 Å². The maximum Gasteiger partial charge on any atom is 0.261 e. The number of carbonyl (C=O) groups excluding carboxylic acids is 3. The lowest BCUT2D eigenvalue weighted by atomic mass is 10.1. The highest BCUT2D eigenvalue weighted by Gasteiger charge is 2.35. The molecule has 3 heterocycles. The summed E-state index contributed by atoms with van der Waals surface area (Å²) in [5, 5.41) is 0. The number of aromatic amines is 1. The minimum absolute atomic E-state index is 0.0278. The molecule has 0 bridgehead atoms. The molecule has 2 aliphatic rings. The summed E-state index contributed by atoms with van der Waals surface area (Å²) in [6.45, 7) is 3.60. The molecule has 5 rings (SSSR count). The van der Waals surface area contributed by atoms with Gasteiger partial charge in [-0.2, -0.15) is 0 Å². The fourth-order valence-electron chi connectivity index (χ4n) is 4.26. The zero-order valence-electron chi connectivity index (χ0n) is 17.1. The van der Waals surface area contributed by atoms with Gasteiger partial charge in [0.15, 0.2) is 0 Å². The number of imidazole rings is 1. The Morgan fingerprint density at radius 1 is 0.903 bits per heavy atom. The molecule has 158 valence electrons. The summed E-state index contributed by atoms with van der Waals surface area (Å²) >= 11 is 0. The molecule has 1 aromatic heterocycles. The van der Waals surface area contributed by atoms with Crippen LogP contribution in [0.1, 0.15) is 33.0 Å². The second-order valence-corrected chi connectivity index (χ2v) is 7.92. The average Bonchev–Trinajstić information content (AvgIpc) is 3.31. The number of para-hydroxylation sites is 2. The minimum atomic E-state index is -0.316. The molecule has 1 fully saturated rings. The van der Waals surface area contributed by atoms with E-state index < -0.39 is 0 Å². The lowest BCUT2D eigenvalue weighted by Crippen LogP contribution is -2.49. The Labute approximate surface area is 179 Å². The molecule has 31 heavy (non-hydrogen) atoms. The van der Waals surface area contributed by atoms with Crippen LogP contribution in [-0.2, 0) is 11.3 Å². The maximum absolute atomic E-state index is 12.7. The summed E-state index contributed by atoms with van der Waals surface area (Å²) < 4.78 is 0. The molecule has 0 aliphatic carbocycles. The number of rotatable bonds is 5. The van der Waals surface area contributed by atoms with Crippen molar-refractivity contribution < 1.29 is 14.4 Å². The van der Waals surface area contributed by atoms with E-state index in [2.05, 4.69) is 14.9 Å². The van der Waals surface area contributed by atoms with Crippen molar-refractivity contribution >= 4 is 28.8 Å². The van der Waals surface area contributed by atoms with Gasteiger partial charge in [-0.15, -0.1) is 0 Å². The van der Waals surface area contributed by atoms with Crippen LogP contribution in [-0.4, -0.2) is 75.1 Å². The number of H-pyrrole nitrogens is 1. The smallest absolute Gasteiger partial charge is 0.261 e. The third-order valence-corrected chi connectivity index (χ3v) is 5.96. The van der Waals surface area contributed by atoms with Crippen molar-refractivity contribution in [2.45, 2.75) is 13.0 Å². The fourth-order valence-corrected chi connectivity index (χ4v) is 4.26. The first-order chi connectivity index (χ1) is 15.1. The number of benzene rings is 2. The molecule has 3 amide bonds. The van der Waals surface area contributed by atoms with Gasteiger partial charge in [0.2, 0.25) is 5.91 Å². The van der Waals surface area contributed by atoms with Crippen molar-refractivity contribution in [2.24, 2.45) is 0 Å². The second kappa shape index (κ2) is 7.96. The summed E-state index contributed by atoms with van der Waals surface area (Å²) in [6.07, 6.45) is 0.148. The van der Waals surface area contributed by atoms with Crippen molar-refractivity contribution in [3.05, 3.63) is 65.5 Å². The Morgan fingerprint density at radius 2 is 1.55 bits per heavy atom. The lowest BCUT2D eigenvalue weighted by molar-refractivity contribution is -0.133. The summed E-state index contributed by atoms with van der Waals surface area (Å²) in [5.41, 5.74) is 2.82. The van der Waals surface area contributed by atoms with Gasteiger partial charge in [-0.05, 0) is 24.3 Å². The molecule has 1 saturated heterocycles. The predicted molar refractivity (Wildman–Crippen MR) is 114 cm³/mol. The number of nitrogens with zero attached hydrogens (tertiary/aromatic N) is 4. The van der Waals surface area contributed by atoms with E-state index in [0.29, 0.717) is 30.8 Å². The molecule has 8 heteroatoms. The van der Waals surface area contributed by atoms with Gasteiger partial charge in [0, 0.05) is 39.1 Å². The van der Waals surface area contributed by atoms with Crippen molar-refractivity contribution in [1.29, 1.82) is 0 Å². The number of piperazine rings is 1. The van der Waals surface area contributed by atoms with Crippen LogP contribution in [0, 0.1) is 0 Å². The largest absolute Gasteiger partial charge is 0.341 e. The van der Waals surface area contributed by atoms with Crippen LogP contribution in [0.4, 0.5) is 0 Å². The van der Waals surface area contributed by atoms with Crippen LogP contribution in [0.5, 0.6) is 0 Å². The van der Waals surface area contributed by atoms with Crippen molar-refractivity contribution in [3.8, 4) is 0 Å². The van der Waals surface area contributed by atoms with E-state index in [-0.39, 0.29) is 30.7 Å². The minimum Gasteiger partial charge on any atom is -0.341 e. The molecule has 2 aliphatic heterocycles. The number of aromatic nitrogens is 2. The molecule has 2 aromatic carbocycles. The van der Waals surface area contributed by atoms with Gasteiger partial charge in [-0.3, -0.25) is 24.2 Å². The van der Waals surface area contributed by atoms with Gasteiger partial charge in [-0.25, -0.2) is 4.98 Å². The molecule has 0 saturated carbocycles. The highest BCUT2D eigenvalue weighted by atomic mass is 16.2. The highest BCUT2D eigenvalue weighted by Crippen LogP contribution is 2.22. The Kier molecular flexibility index (Phi) is 4.99. The lowest BCUT2D eigenvalue weighted by Gasteiger charge is -2.34. The van der Waals surface area contributed by atoms with Gasteiger partial charge in [0.05, 0.1) is 28.7 Å². The van der Waals surface area contributed by atoms with E-state index in [4.69, 9.17) is 0 Å². The molecular weight excluding hydrogens is 394 g/mol. The Hall–Kier alpha value is -3.52. The van der Waals surface area contributed by atoms with Gasteiger partial charge >= 0.3 is 0 Å². The van der Waals surface area contributed by atoms with E-state index in [1.807, 2.05) is 29.2 Å². The van der Waals surface area contributed by atoms with E-state index in [9.17, 15) is 14.4 Å². The molecule has 1 N–H and O–H groups in total. The summed E-state index contributed by atoms with van der Waals surface area (Å²) in [4.78, 5) is 50.8. The Morgan fingerprint density at radius 3 is 2.23 bits per heavy atom. The summed E-state index contributed by atoms with van der Waals surface area (Å²) in [5.74, 6) is 0.264. The average molecular weight is 417 g/mol. The molecule has 8 nitrogen and oxygen atoms in total. The standard InChI is InChI=1S/C23H23N5O3/c29-21(9-10-28-22(30)16-5-1-2-6-17(16)23(28)31)27-13-11-26(12-14-27)15-20-24-18-7-3-4-8-19(18)25-20/h1-8H,9-15H2,(H,24,25). The maximum atomic E-state index is 12.7. The number of nitrogens with one attached hydrogen (secondary N) is 1. The Balaban J connectivity index is 1.12. The first-order valence-corrected chi connectivity index (χ1v) is 10.5. The second-order valence-electron chi connectivity index (χ2n) is 7.92. The molecular formula is C23H23N5O3. The number of imide groups is 1. The van der Waals surface area contributed by atoms with E-state index in [1.165, 1.54) is 4.90 Å². The molecule has 3 aromatic rings. The van der Waals surface area contributed by atoms with Crippen LogP contribution >= 0.6 is 0 Å². The van der Waals surface area contributed by atoms with E-state index >= 15 is 0 Å². The topological polar surface area (TPSA) is 89.6 Å². The molecule has 0 unspecified atom stereocenters. The fraction of sp³-hybridized carbons (Fsp3) is 0.304. The van der Waals surface area contributed by atoms with Crippen molar-refractivity contribution in [3.63, 3.8) is 0 Å². The van der Waals surface area contributed by atoms with Gasteiger partial charge < -0.3 is 9.88 Å². The summed E-state index contributed by atoms with van der Waals surface area (Å²) in [6, 6.07) is 14.7. The SMILES string of the molecule is O=C(CCN1C(=O)c2ccccc2C1=O)N1CCN(Cc2nc3ccccc3[nH]2)CC1. The first kappa shape index (κ1) is 19.4. The highest BCUT2D eigenvalue weighted by molar-refractivity contribution is 6.21. The number of hydrogen-bond acceptors (Lipinski definition) is 5. The molecule has 0 spiro atoms. The van der Waals surface area contributed by atoms with Gasteiger partial charge in [0.25, 0.3) is 11.8 Å². The number of hydrogen-bond donors (Lipinski definition) is 1. The van der Waals surface area contributed by atoms with Crippen molar-refractivity contribution in [1.82, 2.24) is 24.7 Å². The number of carbonyl (C=O) groups is 3. The number of amides is 3. The predicted octanol–water partition coefficient (Wildman–Crippen LogP) is 1.89. The van der Waals surface area contributed by atoms with E-state index in [0.717, 1.165) is 29.9 Å². The molecule has 0 atom stereocenters. The third kappa shape index (κ3) is 3.70. The monoisotopic (exact) mass is 417 g/mol. The van der Waals surface area contributed by atoms with Gasteiger partial charge in [-0.1, -0.05) is 24.3 Å². The van der Waals surface area contributed by atoms with E-state index in [1.54, 1.807) is 24.3 Å². The van der Waals surface area contributed by atoms with Crippen LogP contribution in [0.15, 0.2) is 48.5 Å². The summed E-state index contributed by atoms with van der Waals surface area (Å²) in [7, 11) is 0. The Bertz CT molecular complexity index is 1090. The normalized spacial score (nSPS) is 16.9.